The quantitative estimate of drug-likeness (QED) is 0.610. The van der Waals surface area contributed by atoms with Crippen molar-refractivity contribution in [3.63, 3.8) is 0 Å². The standard InChI is InChI=1S/C12H6Cl4O/c13-7-2-1-3-8(4-7)17-9-5-10(14)12(16)11(15)6-9/h1-6H. The summed E-state index contributed by atoms with van der Waals surface area (Å²) in [6, 6.07) is 10.2. The first-order chi connectivity index (χ1) is 8.06. The van der Waals surface area contributed by atoms with Crippen LogP contribution in [0.15, 0.2) is 36.4 Å². The van der Waals surface area contributed by atoms with Gasteiger partial charge in [0.05, 0.1) is 15.1 Å². The summed E-state index contributed by atoms with van der Waals surface area (Å²) in [5, 5.41) is 1.59. The summed E-state index contributed by atoms with van der Waals surface area (Å²) in [6.07, 6.45) is 0. The van der Waals surface area contributed by atoms with Gasteiger partial charge in [0.15, 0.2) is 0 Å². The molecule has 0 aromatic heterocycles. The van der Waals surface area contributed by atoms with E-state index in [4.69, 9.17) is 51.1 Å². The first-order valence-electron chi connectivity index (χ1n) is 4.64. The maximum atomic E-state index is 5.89. The molecule has 5 heteroatoms. The number of rotatable bonds is 2. The van der Waals surface area contributed by atoms with Crippen molar-refractivity contribution in [1.29, 1.82) is 0 Å². The van der Waals surface area contributed by atoms with Gasteiger partial charge in [-0.3, -0.25) is 0 Å². The van der Waals surface area contributed by atoms with Gasteiger partial charge in [-0.15, -0.1) is 0 Å². The highest BCUT2D eigenvalue weighted by Crippen LogP contribution is 2.36. The highest BCUT2D eigenvalue weighted by Gasteiger charge is 2.07. The number of halogens is 4. The Morgan fingerprint density at radius 3 is 2.00 bits per heavy atom. The lowest BCUT2D eigenvalue weighted by Crippen LogP contribution is -1.85. The van der Waals surface area contributed by atoms with Gasteiger partial charge in [0.2, 0.25) is 0 Å². The fourth-order valence-corrected chi connectivity index (χ4v) is 2.01. The SMILES string of the molecule is Clc1cccc(Oc2cc(Cl)c(Cl)c(Cl)c2)c1. The predicted molar refractivity (Wildman–Crippen MR) is 73.0 cm³/mol. The summed E-state index contributed by atoms with van der Waals surface area (Å²) in [5.74, 6) is 1.11. The van der Waals surface area contributed by atoms with Crippen molar-refractivity contribution in [2.45, 2.75) is 0 Å². The molecule has 1 nitrogen and oxygen atoms in total. The van der Waals surface area contributed by atoms with E-state index in [0.29, 0.717) is 31.6 Å². The Hall–Kier alpha value is -0.600. The maximum Gasteiger partial charge on any atom is 0.130 e. The van der Waals surface area contributed by atoms with Gasteiger partial charge < -0.3 is 4.74 Å². The molecule has 0 aliphatic heterocycles. The van der Waals surface area contributed by atoms with Crippen LogP contribution in [0.3, 0.4) is 0 Å². The van der Waals surface area contributed by atoms with Crippen LogP contribution in [0.25, 0.3) is 0 Å². The fourth-order valence-electron chi connectivity index (χ4n) is 1.26. The summed E-state index contributed by atoms with van der Waals surface area (Å²) in [4.78, 5) is 0. The normalized spacial score (nSPS) is 10.4. The molecular formula is C12H6Cl4O. The van der Waals surface area contributed by atoms with E-state index in [1.165, 1.54) is 0 Å². The molecule has 0 saturated heterocycles. The van der Waals surface area contributed by atoms with E-state index in [2.05, 4.69) is 0 Å². The molecule has 0 saturated carbocycles. The predicted octanol–water partition coefficient (Wildman–Crippen LogP) is 6.09. The Labute approximate surface area is 119 Å². The van der Waals surface area contributed by atoms with E-state index in [-0.39, 0.29) is 0 Å². The van der Waals surface area contributed by atoms with Crippen molar-refractivity contribution < 1.29 is 4.74 Å². The zero-order chi connectivity index (χ0) is 12.4. The second-order valence-electron chi connectivity index (χ2n) is 3.26. The highest BCUT2D eigenvalue weighted by atomic mass is 35.5. The molecule has 0 heterocycles. The summed E-state index contributed by atoms with van der Waals surface area (Å²) in [7, 11) is 0. The molecule has 0 fully saturated rings. The molecule has 0 bridgehead atoms. The number of hydrogen-bond acceptors (Lipinski definition) is 1. The number of benzene rings is 2. The van der Waals surface area contributed by atoms with Gasteiger partial charge in [0, 0.05) is 17.2 Å². The van der Waals surface area contributed by atoms with Gasteiger partial charge in [0.1, 0.15) is 11.5 Å². The van der Waals surface area contributed by atoms with Gasteiger partial charge in [0.25, 0.3) is 0 Å². The molecule has 2 rings (SSSR count). The maximum absolute atomic E-state index is 5.89. The van der Waals surface area contributed by atoms with Crippen LogP contribution in [-0.4, -0.2) is 0 Å². The lowest BCUT2D eigenvalue weighted by Gasteiger charge is -2.08. The Morgan fingerprint density at radius 2 is 1.41 bits per heavy atom. The molecule has 0 amide bonds. The van der Waals surface area contributed by atoms with Crippen LogP contribution in [-0.2, 0) is 0 Å². The zero-order valence-electron chi connectivity index (χ0n) is 8.38. The van der Waals surface area contributed by atoms with Crippen molar-refractivity contribution in [3.8, 4) is 11.5 Å². The lowest BCUT2D eigenvalue weighted by atomic mass is 10.3. The minimum absolute atomic E-state index is 0.312. The van der Waals surface area contributed by atoms with Crippen LogP contribution in [0.1, 0.15) is 0 Å². The van der Waals surface area contributed by atoms with Gasteiger partial charge in [-0.25, -0.2) is 0 Å². The van der Waals surface area contributed by atoms with Crippen LogP contribution in [0.2, 0.25) is 20.1 Å². The summed E-state index contributed by atoms with van der Waals surface area (Å²) < 4.78 is 5.56. The molecule has 2 aromatic rings. The Balaban J connectivity index is 2.31. The average Bonchev–Trinajstić information content (AvgIpc) is 2.26. The molecule has 0 N–H and O–H groups in total. The van der Waals surface area contributed by atoms with Crippen LogP contribution in [0.5, 0.6) is 11.5 Å². The molecule has 0 atom stereocenters. The van der Waals surface area contributed by atoms with Crippen LogP contribution < -0.4 is 4.74 Å². The van der Waals surface area contributed by atoms with Crippen LogP contribution in [0, 0.1) is 0 Å². The smallest absolute Gasteiger partial charge is 0.130 e. The Kier molecular flexibility index (Phi) is 4.05. The van der Waals surface area contributed by atoms with E-state index in [9.17, 15) is 0 Å². The molecular weight excluding hydrogens is 302 g/mol. The second kappa shape index (κ2) is 5.36. The molecule has 17 heavy (non-hydrogen) atoms. The molecule has 0 aliphatic rings. The third-order valence-corrected chi connectivity index (χ3v) is 3.42. The molecule has 88 valence electrons. The van der Waals surface area contributed by atoms with E-state index in [0.717, 1.165) is 0 Å². The molecule has 2 aromatic carbocycles. The third-order valence-electron chi connectivity index (χ3n) is 1.99. The van der Waals surface area contributed by atoms with Crippen molar-refractivity contribution in [1.82, 2.24) is 0 Å². The van der Waals surface area contributed by atoms with Gasteiger partial charge in [-0.2, -0.15) is 0 Å². The Bertz CT molecular complexity index is 531. The van der Waals surface area contributed by atoms with Gasteiger partial charge in [-0.1, -0.05) is 52.5 Å². The monoisotopic (exact) mass is 306 g/mol. The van der Waals surface area contributed by atoms with Crippen molar-refractivity contribution in [2.24, 2.45) is 0 Å². The minimum Gasteiger partial charge on any atom is -0.457 e. The number of hydrogen-bond donors (Lipinski definition) is 0. The first kappa shape index (κ1) is 12.8. The average molecular weight is 308 g/mol. The summed E-state index contributed by atoms with van der Waals surface area (Å²) in [6.45, 7) is 0. The largest absolute Gasteiger partial charge is 0.457 e. The molecule has 0 aliphatic carbocycles. The van der Waals surface area contributed by atoms with E-state index in [1.807, 2.05) is 0 Å². The lowest BCUT2D eigenvalue weighted by molar-refractivity contribution is 0.483. The summed E-state index contributed by atoms with van der Waals surface area (Å²) in [5.41, 5.74) is 0. The summed E-state index contributed by atoms with van der Waals surface area (Å²) >= 11 is 23.5. The Morgan fingerprint density at radius 1 is 0.765 bits per heavy atom. The first-order valence-corrected chi connectivity index (χ1v) is 6.15. The van der Waals surface area contributed by atoms with Crippen molar-refractivity contribution in [3.05, 3.63) is 56.5 Å². The van der Waals surface area contributed by atoms with E-state index >= 15 is 0 Å². The highest BCUT2D eigenvalue weighted by molar-refractivity contribution is 6.48. The molecule has 0 unspecified atom stereocenters. The van der Waals surface area contributed by atoms with E-state index in [1.54, 1.807) is 36.4 Å². The van der Waals surface area contributed by atoms with E-state index < -0.39 is 0 Å². The molecule has 0 radical (unpaired) electrons. The van der Waals surface area contributed by atoms with Gasteiger partial charge >= 0.3 is 0 Å². The zero-order valence-corrected chi connectivity index (χ0v) is 11.4. The third kappa shape index (κ3) is 3.20. The fraction of sp³-hybridized carbons (Fsp3) is 0. The minimum atomic E-state index is 0.312. The van der Waals surface area contributed by atoms with Gasteiger partial charge in [-0.05, 0) is 18.2 Å². The molecule has 0 spiro atoms. The number of ether oxygens (including phenoxy) is 1. The van der Waals surface area contributed by atoms with Crippen molar-refractivity contribution in [2.75, 3.05) is 0 Å². The van der Waals surface area contributed by atoms with Crippen LogP contribution >= 0.6 is 46.4 Å². The van der Waals surface area contributed by atoms with Crippen molar-refractivity contribution >= 4 is 46.4 Å². The van der Waals surface area contributed by atoms with Crippen LogP contribution in [0.4, 0.5) is 0 Å². The second-order valence-corrected chi connectivity index (χ2v) is 4.89. The topological polar surface area (TPSA) is 9.23 Å².